The molecular weight excluding hydrogens is 216 g/mol. The molecule has 2 aliphatic rings. The first-order valence-electron chi connectivity index (χ1n) is 6.46. The quantitative estimate of drug-likeness (QED) is 0.787. The number of nitrogens with zero attached hydrogens (tertiary/aromatic N) is 2. The highest BCUT2D eigenvalue weighted by molar-refractivity contribution is 5.07. The number of aliphatic hydroxyl groups is 1. The molecule has 17 heavy (non-hydrogen) atoms. The van der Waals surface area contributed by atoms with Crippen LogP contribution in [-0.2, 0) is 4.74 Å². The van der Waals surface area contributed by atoms with E-state index in [1.807, 2.05) is 6.92 Å². The molecule has 1 saturated heterocycles. The van der Waals surface area contributed by atoms with E-state index in [0.29, 0.717) is 0 Å². The number of nitriles is 1. The molecule has 1 saturated carbocycles. The SMILES string of the molecule is COC1(C#N)CCN(C2CCCC2(C)O)CC1. The van der Waals surface area contributed by atoms with Gasteiger partial charge in [0.25, 0.3) is 0 Å². The lowest BCUT2D eigenvalue weighted by molar-refractivity contribution is -0.0607. The predicted octanol–water partition coefficient (Wildman–Crippen LogP) is 1.29. The number of ether oxygens (including phenoxy) is 1. The number of methoxy groups -OCH3 is 1. The van der Waals surface area contributed by atoms with E-state index < -0.39 is 11.2 Å². The van der Waals surface area contributed by atoms with Crippen LogP contribution in [0.1, 0.15) is 39.0 Å². The highest BCUT2D eigenvalue weighted by Gasteiger charge is 2.44. The Morgan fingerprint density at radius 2 is 2.00 bits per heavy atom. The number of hydrogen-bond donors (Lipinski definition) is 1. The molecule has 2 atom stereocenters. The Morgan fingerprint density at radius 3 is 2.41 bits per heavy atom. The molecule has 96 valence electrons. The molecule has 0 amide bonds. The molecule has 1 aliphatic carbocycles. The molecule has 2 fully saturated rings. The van der Waals surface area contributed by atoms with Crippen LogP contribution in [0.25, 0.3) is 0 Å². The minimum atomic E-state index is -0.596. The number of piperidine rings is 1. The van der Waals surface area contributed by atoms with E-state index in [9.17, 15) is 5.11 Å². The van der Waals surface area contributed by atoms with Crippen molar-refractivity contribution in [3.05, 3.63) is 0 Å². The molecule has 0 bridgehead atoms. The van der Waals surface area contributed by atoms with Crippen LogP contribution in [0.5, 0.6) is 0 Å². The van der Waals surface area contributed by atoms with Crippen molar-refractivity contribution in [2.24, 2.45) is 0 Å². The molecule has 0 spiro atoms. The van der Waals surface area contributed by atoms with Crippen LogP contribution in [0.4, 0.5) is 0 Å². The maximum absolute atomic E-state index is 10.3. The van der Waals surface area contributed by atoms with Crippen molar-refractivity contribution >= 4 is 0 Å². The second-order valence-electron chi connectivity index (χ2n) is 5.61. The maximum atomic E-state index is 10.3. The van der Waals surface area contributed by atoms with Gasteiger partial charge in [-0.25, -0.2) is 0 Å². The summed E-state index contributed by atoms with van der Waals surface area (Å²) in [6.45, 7) is 3.64. The molecule has 4 heteroatoms. The smallest absolute Gasteiger partial charge is 0.156 e. The van der Waals surface area contributed by atoms with E-state index in [2.05, 4.69) is 11.0 Å². The van der Waals surface area contributed by atoms with Gasteiger partial charge in [-0.05, 0) is 26.2 Å². The summed E-state index contributed by atoms with van der Waals surface area (Å²) < 4.78 is 5.34. The summed E-state index contributed by atoms with van der Waals surface area (Å²) in [4.78, 5) is 2.33. The van der Waals surface area contributed by atoms with Crippen molar-refractivity contribution < 1.29 is 9.84 Å². The van der Waals surface area contributed by atoms with Crippen LogP contribution in [-0.4, -0.2) is 47.4 Å². The zero-order valence-corrected chi connectivity index (χ0v) is 10.8. The van der Waals surface area contributed by atoms with Crippen LogP contribution in [0.3, 0.4) is 0 Å². The van der Waals surface area contributed by atoms with Gasteiger partial charge in [0, 0.05) is 39.1 Å². The molecule has 0 aromatic carbocycles. The van der Waals surface area contributed by atoms with Crippen molar-refractivity contribution in [1.82, 2.24) is 4.90 Å². The second kappa shape index (κ2) is 4.56. The van der Waals surface area contributed by atoms with Crippen molar-refractivity contribution in [3.8, 4) is 6.07 Å². The lowest BCUT2D eigenvalue weighted by atomic mass is 9.89. The van der Waals surface area contributed by atoms with Gasteiger partial charge in [0.15, 0.2) is 5.60 Å². The van der Waals surface area contributed by atoms with Gasteiger partial charge in [0.05, 0.1) is 11.7 Å². The van der Waals surface area contributed by atoms with Crippen LogP contribution >= 0.6 is 0 Å². The Kier molecular flexibility index (Phi) is 3.44. The Labute approximate surface area is 103 Å². The monoisotopic (exact) mass is 238 g/mol. The van der Waals surface area contributed by atoms with Crippen LogP contribution in [0.15, 0.2) is 0 Å². The molecule has 2 rings (SSSR count). The highest BCUT2D eigenvalue weighted by atomic mass is 16.5. The number of rotatable bonds is 2. The summed E-state index contributed by atoms with van der Waals surface area (Å²) in [5.74, 6) is 0. The first kappa shape index (κ1) is 12.8. The molecule has 0 aromatic rings. The predicted molar refractivity (Wildman–Crippen MR) is 64.4 cm³/mol. The van der Waals surface area contributed by atoms with Gasteiger partial charge in [-0.3, -0.25) is 4.90 Å². The lowest BCUT2D eigenvalue weighted by Gasteiger charge is -2.42. The number of hydrogen-bond acceptors (Lipinski definition) is 4. The largest absolute Gasteiger partial charge is 0.389 e. The van der Waals surface area contributed by atoms with Crippen LogP contribution in [0.2, 0.25) is 0 Å². The topological polar surface area (TPSA) is 56.5 Å². The van der Waals surface area contributed by atoms with Crippen molar-refractivity contribution in [3.63, 3.8) is 0 Å². The van der Waals surface area contributed by atoms with Gasteiger partial charge in [0.1, 0.15) is 0 Å². The van der Waals surface area contributed by atoms with E-state index in [1.165, 1.54) is 0 Å². The minimum absolute atomic E-state index is 0.260. The third kappa shape index (κ3) is 2.33. The Balaban J connectivity index is 1.98. The molecule has 4 nitrogen and oxygen atoms in total. The Bertz CT molecular complexity index is 314. The summed E-state index contributed by atoms with van der Waals surface area (Å²) in [5, 5.41) is 19.5. The molecule has 0 aromatic heterocycles. The summed E-state index contributed by atoms with van der Waals surface area (Å²) in [6.07, 6.45) is 4.54. The van der Waals surface area contributed by atoms with Gasteiger partial charge in [0.2, 0.25) is 0 Å². The third-order valence-electron chi connectivity index (χ3n) is 4.52. The van der Waals surface area contributed by atoms with Gasteiger partial charge in [-0.15, -0.1) is 0 Å². The van der Waals surface area contributed by atoms with Crippen molar-refractivity contribution in [2.45, 2.75) is 56.3 Å². The minimum Gasteiger partial charge on any atom is -0.389 e. The first-order valence-corrected chi connectivity index (χ1v) is 6.46. The van der Waals surface area contributed by atoms with Crippen LogP contribution < -0.4 is 0 Å². The van der Waals surface area contributed by atoms with E-state index in [0.717, 1.165) is 45.2 Å². The van der Waals surface area contributed by atoms with Crippen molar-refractivity contribution in [2.75, 3.05) is 20.2 Å². The van der Waals surface area contributed by atoms with E-state index in [4.69, 9.17) is 10.00 Å². The van der Waals surface area contributed by atoms with Gasteiger partial charge in [-0.2, -0.15) is 5.26 Å². The summed E-state index contributed by atoms with van der Waals surface area (Å²) in [5.41, 5.74) is -1.15. The average molecular weight is 238 g/mol. The van der Waals surface area contributed by atoms with Gasteiger partial charge in [-0.1, -0.05) is 0 Å². The molecule has 2 unspecified atom stereocenters. The summed E-state index contributed by atoms with van der Waals surface area (Å²) in [6, 6.07) is 2.55. The molecule has 0 radical (unpaired) electrons. The third-order valence-corrected chi connectivity index (χ3v) is 4.52. The first-order chi connectivity index (χ1) is 8.03. The molecular formula is C13H22N2O2. The zero-order chi connectivity index (χ0) is 12.5. The fourth-order valence-electron chi connectivity index (χ4n) is 3.27. The summed E-state index contributed by atoms with van der Waals surface area (Å²) in [7, 11) is 1.62. The fourth-order valence-corrected chi connectivity index (χ4v) is 3.27. The maximum Gasteiger partial charge on any atom is 0.156 e. The molecule has 1 heterocycles. The van der Waals surface area contributed by atoms with Crippen molar-refractivity contribution in [1.29, 1.82) is 5.26 Å². The number of likely N-dealkylation sites (tertiary alicyclic amines) is 1. The Morgan fingerprint density at radius 1 is 1.35 bits per heavy atom. The molecule has 1 aliphatic heterocycles. The van der Waals surface area contributed by atoms with Gasteiger partial charge >= 0.3 is 0 Å². The standard InChI is InChI=1S/C13H22N2O2/c1-12(16)5-3-4-11(12)15-8-6-13(10-14,17-2)7-9-15/h11,16H,3-9H2,1-2H3. The van der Waals surface area contributed by atoms with E-state index in [-0.39, 0.29) is 6.04 Å². The second-order valence-corrected chi connectivity index (χ2v) is 5.61. The van der Waals surface area contributed by atoms with E-state index in [1.54, 1.807) is 7.11 Å². The normalized spacial score (nSPS) is 37.9. The lowest BCUT2D eigenvalue weighted by Crippen LogP contribution is -2.53. The highest BCUT2D eigenvalue weighted by Crippen LogP contribution is 2.36. The van der Waals surface area contributed by atoms with E-state index >= 15 is 0 Å². The zero-order valence-electron chi connectivity index (χ0n) is 10.8. The summed E-state index contributed by atoms with van der Waals surface area (Å²) >= 11 is 0. The Hall–Kier alpha value is -0.630. The van der Waals surface area contributed by atoms with Crippen LogP contribution in [0, 0.1) is 11.3 Å². The average Bonchev–Trinajstić information content (AvgIpc) is 2.69. The molecule has 1 N–H and O–H groups in total. The van der Waals surface area contributed by atoms with Gasteiger partial charge < -0.3 is 9.84 Å². The fraction of sp³-hybridized carbons (Fsp3) is 0.923.